The van der Waals surface area contributed by atoms with Crippen LogP contribution in [-0.2, 0) is 0 Å². The SMILES string of the molecule is CCCCCCCC1B=B1. The van der Waals surface area contributed by atoms with Crippen molar-refractivity contribution in [1.29, 1.82) is 0 Å². The second-order valence-corrected chi connectivity index (χ2v) is 3.25. The molecule has 0 spiro atoms. The molecule has 0 amide bonds. The van der Waals surface area contributed by atoms with Crippen LogP contribution in [0, 0.1) is 0 Å². The number of rotatable bonds is 6. The van der Waals surface area contributed by atoms with Gasteiger partial charge in [-0.15, -0.1) is 0 Å². The summed E-state index contributed by atoms with van der Waals surface area (Å²) in [5.74, 6) is 0. The summed E-state index contributed by atoms with van der Waals surface area (Å²) >= 11 is 0. The van der Waals surface area contributed by atoms with Crippen molar-refractivity contribution < 1.29 is 0 Å². The zero-order valence-corrected chi connectivity index (χ0v) is 6.97. The molecule has 0 aromatic rings. The molecule has 0 fully saturated rings. The fourth-order valence-electron chi connectivity index (χ4n) is 1.25. The second-order valence-electron chi connectivity index (χ2n) is 3.25. The molecule has 0 aliphatic carbocycles. The van der Waals surface area contributed by atoms with Gasteiger partial charge in [0.15, 0.2) is 0 Å². The molecule has 1 aliphatic rings. The van der Waals surface area contributed by atoms with Gasteiger partial charge < -0.3 is 0 Å². The third-order valence-electron chi connectivity index (χ3n) is 2.11. The zero-order valence-electron chi connectivity index (χ0n) is 6.97. The van der Waals surface area contributed by atoms with Gasteiger partial charge in [0.05, 0.1) is 0 Å². The normalized spacial score (nSPS) is 14.5. The molecule has 1 heterocycles. The molecule has 2 heteroatoms. The topological polar surface area (TPSA) is 0 Å². The van der Waals surface area contributed by atoms with Gasteiger partial charge in [-0.1, -0.05) is 0 Å². The van der Waals surface area contributed by atoms with Crippen LogP contribution in [0.4, 0.5) is 0 Å². The Balaban J connectivity index is 1.68. The molecule has 54 valence electrons. The van der Waals surface area contributed by atoms with Crippen LogP contribution >= 0.6 is 0 Å². The molecule has 0 N–H and O–H groups in total. The van der Waals surface area contributed by atoms with E-state index in [1.54, 1.807) is 0 Å². The predicted molar refractivity (Wildman–Crippen MR) is 48.6 cm³/mol. The van der Waals surface area contributed by atoms with E-state index in [-0.39, 0.29) is 0 Å². The summed E-state index contributed by atoms with van der Waals surface area (Å²) in [4.78, 5) is 0. The summed E-state index contributed by atoms with van der Waals surface area (Å²) in [6.45, 7) is 6.88. The summed E-state index contributed by atoms with van der Waals surface area (Å²) in [6.07, 6.45) is 8.55. The Labute approximate surface area is 65.5 Å². The van der Waals surface area contributed by atoms with Crippen LogP contribution in [0.3, 0.4) is 0 Å². The molecule has 0 saturated carbocycles. The van der Waals surface area contributed by atoms with Crippen molar-refractivity contribution in [1.82, 2.24) is 0 Å². The number of hydrogen-bond acceptors (Lipinski definition) is 0. The molecule has 1 aliphatic heterocycles. The van der Waals surface area contributed by atoms with Crippen molar-refractivity contribution in [3.05, 3.63) is 0 Å². The molecule has 0 atom stereocenters. The van der Waals surface area contributed by atoms with Crippen molar-refractivity contribution in [2.75, 3.05) is 0 Å². The third-order valence-corrected chi connectivity index (χ3v) is 2.11. The van der Waals surface area contributed by atoms with Crippen LogP contribution in [-0.4, -0.2) is 13.6 Å². The monoisotopic (exact) mass is 134 g/mol. The standard InChI is InChI=1S/C8H16B2/c1-2-3-4-5-6-7-8-9-10-8/h8H,2-7H2,1H3. The zero-order chi connectivity index (χ0) is 7.23. The molecule has 0 saturated heterocycles. The quantitative estimate of drug-likeness (QED) is 0.386. The summed E-state index contributed by atoms with van der Waals surface area (Å²) in [6, 6.07) is 0. The first-order valence-electron chi connectivity index (χ1n) is 4.62. The van der Waals surface area contributed by atoms with Crippen LogP contribution in [0.1, 0.15) is 45.4 Å². The molecular weight excluding hydrogens is 118 g/mol. The molecule has 10 heavy (non-hydrogen) atoms. The molecule has 1 rings (SSSR count). The van der Waals surface area contributed by atoms with Gasteiger partial charge in [-0.05, 0) is 0 Å². The van der Waals surface area contributed by atoms with Crippen molar-refractivity contribution >= 4 is 13.6 Å². The van der Waals surface area contributed by atoms with Crippen molar-refractivity contribution in [2.45, 2.75) is 51.2 Å². The van der Waals surface area contributed by atoms with Gasteiger partial charge in [0.25, 0.3) is 0 Å². The van der Waals surface area contributed by atoms with E-state index in [4.69, 9.17) is 0 Å². The Hall–Kier alpha value is 0.130. The van der Waals surface area contributed by atoms with Crippen LogP contribution < -0.4 is 0 Å². The van der Waals surface area contributed by atoms with Crippen molar-refractivity contribution in [3.63, 3.8) is 0 Å². The van der Waals surface area contributed by atoms with Crippen molar-refractivity contribution in [3.8, 4) is 0 Å². The Bertz CT molecular complexity index is 104. The third kappa shape index (κ3) is 4.03. The van der Waals surface area contributed by atoms with Crippen LogP contribution in [0.5, 0.6) is 0 Å². The van der Waals surface area contributed by atoms with E-state index in [1.807, 2.05) is 0 Å². The maximum absolute atomic E-state index is 2.31. The van der Waals surface area contributed by atoms with E-state index in [0.717, 1.165) is 5.72 Å². The second kappa shape index (κ2) is 4.87. The number of hydrogen-bond donors (Lipinski definition) is 0. The Morgan fingerprint density at radius 2 is 1.70 bits per heavy atom. The molecule has 0 nitrogen and oxygen atoms in total. The van der Waals surface area contributed by atoms with Gasteiger partial charge in [-0.25, -0.2) is 0 Å². The van der Waals surface area contributed by atoms with Crippen LogP contribution in [0.2, 0.25) is 5.72 Å². The molecule has 0 aromatic heterocycles. The average Bonchev–Trinajstić information content (AvgIpc) is 2.71. The van der Waals surface area contributed by atoms with E-state index in [0.29, 0.717) is 0 Å². The van der Waals surface area contributed by atoms with Gasteiger partial charge in [0, 0.05) is 0 Å². The Morgan fingerprint density at radius 1 is 1.00 bits per heavy atom. The fraction of sp³-hybridized carbons (Fsp3) is 1.00. The first-order chi connectivity index (χ1) is 4.93. The summed E-state index contributed by atoms with van der Waals surface area (Å²) < 4.78 is 0. The molecule has 0 unspecified atom stereocenters. The van der Waals surface area contributed by atoms with Crippen LogP contribution in [0.15, 0.2) is 0 Å². The van der Waals surface area contributed by atoms with Gasteiger partial charge in [-0.2, -0.15) is 0 Å². The van der Waals surface area contributed by atoms with E-state index < -0.39 is 0 Å². The maximum atomic E-state index is 2.31. The average molecular weight is 134 g/mol. The van der Waals surface area contributed by atoms with E-state index >= 15 is 0 Å². The Kier molecular flexibility index (Phi) is 4.01. The van der Waals surface area contributed by atoms with E-state index in [2.05, 4.69) is 20.5 Å². The minimum atomic E-state index is 0.904. The van der Waals surface area contributed by atoms with Gasteiger partial charge in [0.2, 0.25) is 0 Å². The Morgan fingerprint density at radius 3 is 2.30 bits per heavy atom. The number of unbranched alkanes of at least 4 members (excludes halogenated alkanes) is 4. The van der Waals surface area contributed by atoms with Crippen LogP contribution in [0.25, 0.3) is 0 Å². The van der Waals surface area contributed by atoms with E-state index in [9.17, 15) is 0 Å². The van der Waals surface area contributed by atoms with Gasteiger partial charge in [0.1, 0.15) is 0 Å². The van der Waals surface area contributed by atoms with Crippen molar-refractivity contribution in [2.24, 2.45) is 0 Å². The first kappa shape index (κ1) is 8.23. The molecular formula is C8H16B2. The first-order valence-corrected chi connectivity index (χ1v) is 4.62. The predicted octanol–water partition coefficient (Wildman–Crippen LogP) is 2.43. The summed E-state index contributed by atoms with van der Waals surface area (Å²) in [7, 11) is 0. The van der Waals surface area contributed by atoms with Gasteiger partial charge in [-0.3, -0.25) is 0 Å². The minimum absolute atomic E-state index is 0.904. The summed E-state index contributed by atoms with van der Waals surface area (Å²) in [5, 5.41) is 0. The molecule has 0 radical (unpaired) electrons. The van der Waals surface area contributed by atoms with E-state index in [1.165, 1.54) is 38.5 Å². The molecule has 0 bridgehead atoms. The fourth-order valence-corrected chi connectivity index (χ4v) is 1.25. The summed E-state index contributed by atoms with van der Waals surface area (Å²) in [5.41, 5.74) is 0.904. The van der Waals surface area contributed by atoms with Gasteiger partial charge >= 0.3 is 64.8 Å². The molecule has 0 aromatic carbocycles.